The molecule has 0 bridgehead atoms. The van der Waals surface area contributed by atoms with Crippen LogP contribution in [-0.2, 0) is 6.42 Å². The second kappa shape index (κ2) is 8.61. The lowest BCUT2D eigenvalue weighted by Gasteiger charge is -2.30. The number of rotatable bonds is 7. The molecule has 2 atom stereocenters. The maximum absolute atomic E-state index is 5.93. The Balaban J connectivity index is 1.42. The maximum Gasteiger partial charge on any atom is 0.191 e. The van der Waals surface area contributed by atoms with Gasteiger partial charge in [-0.15, -0.1) is 0 Å². The van der Waals surface area contributed by atoms with Crippen molar-refractivity contribution >= 4 is 5.96 Å². The summed E-state index contributed by atoms with van der Waals surface area (Å²) in [6.45, 7) is 3.59. The molecule has 0 radical (unpaired) electrons. The number of nitrogens with one attached hydrogen (secondary N) is 2. The molecule has 0 amide bonds. The predicted molar refractivity (Wildman–Crippen MR) is 105 cm³/mol. The number of ether oxygens (including phenoxy) is 2. The highest BCUT2D eigenvalue weighted by atomic mass is 16.5. The van der Waals surface area contributed by atoms with Crippen LogP contribution < -0.4 is 20.1 Å². The Bertz CT molecular complexity index is 760. The highest BCUT2D eigenvalue weighted by Gasteiger charge is 2.25. The van der Waals surface area contributed by atoms with Crippen LogP contribution in [0.2, 0.25) is 0 Å². The molecule has 0 spiro atoms. The number of benzene rings is 2. The van der Waals surface area contributed by atoms with Gasteiger partial charge in [-0.1, -0.05) is 30.3 Å². The van der Waals surface area contributed by atoms with Crippen molar-refractivity contribution in [3.05, 3.63) is 59.7 Å². The van der Waals surface area contributed by atoms with Gasteiger partial charge in [0.25, 0.3) is 0 Å². The number of hydrogen-bond acceptors (Lipinski definition) is 3. The monoisotopic (exact) mass is 353 g/mol. The highest BCUT2D eigenvalue weighted by molar-refractivity contribution is 5.79. The molecule has 0 saturated heterocycles. The van der Waals surface area contributed by atoms with Crippen molar-refractivity contribution in [3.8, 4) is 11.5 Å². The van der Waals surface area contributed by atoms with Crippen LogP contribution in [0, 0.1) is 0 Å². The summed E-state index contributed by atoms with van der Waals surface area (Å²) in [4.78, 5) is 4.30. The average Bonchev–Trinajstić information content (AvgIpc) is 2.65. The van der Waals surface area contributed by atoms with E-state index in [9.17, 15) is 0 Å². The molecule has 138 valence electrons. The van der Waals surface area contributed by atoms with Crippen LogP contribution in [0.25, 0.3) is 0 Å². The van der Waals surface area contributed by atoms with Gasteiger partial charge in [0.2, 0.25) is 0 Å². The fourth-order valence-electron chi connectivity index (χ4n) is 3.17. The molecule has 0 aromatic heterocycles. The third-order valence-electron chi connectivity index (χ3n) is 4.64. The van der Waals surface area contributed by atoms with E-state index in [1.165, 1.54) is 11.1 Å². The zero-order valence-corrected chi connectivity index (χ0v) is 15.7. The lowest BCUT2D eigenvalue weighted by atomic mass is 9.78. The molecule has 1 aliphatic carbocycles. The molecule has 3 rings (SSSR count). The summed E-state index contributed by atoms with van der Waals surface area (Å²) in [5.41, 5.74) is 2.91. The first-order valence-corrected chi connectivity index (χ1v) is 9.02. The van der Waals surface area contributed by atoms with E-state index >= 15 is 0 Å². The topological polar surface area (TPSA) is 54.9 Å². The van der Waals surface area contributed by atoms with E-state index in [-0.39, 0.29) is 6.10 Å². The third kappa shape index (κ3) is 4.48. The zero-order chi connectivity index (χ0) is 18.4. The van der Waals surface area contributed by atoms with E-state index in [0.29, 0.717) is 12.5 Å². The van der Waals surface area contributed by atoms with E-state index in [0.717, 1.165) is 30.4 Å². The van der Waals surface area contributed by atoms with Crippen LogP contribution in [0.3, 0.4) is 0 Å². The lowest BCUT2D eigenvalue weighted by Crippen LogP contribution is -2.44. The molecule has 0 fully saturated rings. The van der Waals surface area contributed by atoms with Crippen molar-refractivity contribution in [2.24, 2.45) is 4.99 Å². The molecule has 0 heterocycles. The van der Waals surface area contributed by atoms with Gasteiger partial charge in [-0.25, -0.2) is 0 Å². The van der Waals surface area contributed by atoms with Crippen molar-refractivity contribution < 1.29 is 9.47 Å². The largest absolute Gasteiger partial charge is 0.497 e. The smallest absolute Gasteiger partial charge is 0.191 e. The van der Waals surface area contributed by atoms with Gasteiger partial charge in [0, 0.05) is 25.6 Å². The van der Waals surface area contributed by atoms with Gasteiger partial charge in [0.05, 0.1) is 13.7 Å². The number of fused-ring (bicyclic) bond motifs is 1. The summed E-state index contributed by atoms with van der Waals surface area (Å²) in [5, 5.41) is 6.74. The molecule has 1 aliphatic rings. The number of aliphatic imine (C=N–C) groups is 1. The summed E-state index contributed by atoms with van der Waals surface area (Å²) in [6, 6.07) is 16.3. The molecular weight excluding hydrogens is 326 g/mol. The molecule has 26 heavy (non-hydrogen) atoms. The quantitative estimate of drug-likeness (QED) is 0.594. The van der Waals surface area contributed by atoms with Crippen LogP contribution in [0.4, 0.5) is 0 Å². The average molecular weight is 353 g/mol. The predicted octanol–water partition coefficient (Wildman–Crippen LogP) is 2.97. The Morgan fingerprint density at radius 1 is 1.15 bits per heavy atom. The van der Waals surface area contributed by atoms with Gasteiger partial charge in [-0.3, -0.25) is 4.99 Å². The second-order valence-corrected chi connectivity index (χ2v) is 6.54. The Morgan fingerprint density at radius 2 is 1.96 bits per heavy atom. The van der Waals surface area contributed by atoms with Crippen LogP contribution in [0.15, 0.2) is 53.5 Å². The van der Waals surface area contributed by atoms with Crippen molar-refractivity contribution in [2.75, 3.05) is 27.2 Å². The van der Waals surface area contributed by atoms with Gasteiger partial charge in [-0.2, -0.15) is 0 Å². The number of methoxy groups -OCH3 is 1. The van der Waals surface area contributed by atoms with E-state index in [1.807, 2.05) is 31.2 Å². The van der Waals surface area contributed by atoms with Crippen LogP contribution in [0.1, 0.15) is 24.0 Å². The minimum atomic E-state index is 0.00471. The van der Waals surface area contributed by atoms with Gasteiger partial charge < -0.3 is 20.1 Å². The van der Waals surface area contributed by atoms with Crippen LogP contribution in [-0.4, -0.2) is 39.3 Å². The molecule has 5 nitrogen and oxygen atoms in total. The summed E-state index contributed by atoms with van der Waals surface area (Å²) in [7, 11) is 3.44. The SMILES string of the molecule is CN=C(NCC(C)Oc1cccc(OC)c1)NCC1Cc2ccccc21. The maximum atomic E-state index is 5.93. The first-order valence-electron chi connectivity index (χ1n) is 9.02. The van der Waals surface area contributed by atoms with Crippen LogP contribution in [0.5, 0.6) is 11.5 Å². The van der Waals surface area contributed by atoms with Gasteiger partial charge in [-0.05, 0) is 36.6 Å². The Labute approximate surface area is 155 Å². The normalized spacial score (nSPS) is 16.9. The third-order valence-corrected chi connectivity index (χ3v) is 4.64. The number of hydrogen-bond donors (Lipinski definition) is 2. The number of guanidine groups is 1. The first kappa shape index (κ1) is 18.1. The molecule has 2 aromatic rings. The van der Waals surface area contributed by atoms with Crippen molar-refractivity contribution in [1.82, 2.24) is 10.6 Å². The molecule has 2 N–H and O–H groups in total. The fraction of sp³-hybridized carbons (Fsp3) is 0.381. The van der Waals surface area contributed by atoms with Gasteiger partial charge in [0.1, 0.15) is 17.6 Å². The minimum absolute atomic E-state index is 0.00471. The molecular formula is C21H27N3O2. The van der Waals surface area contributed by atoms with E-state index in [4.69, 9.17) is 9.47 Å². The van der Waals surface area contributed by atoms with Crippen molar-refractivity contribution in [1.29, 1.82) is 0 Å². The summed E-state index contributed by atoms with van der Waals surface area (Å²) < 4.78 is 11.2. The minimum Gasteiger partial charge on any atom is -0.497 e. The fourth-order valence-corrected chi connectivity index (χ4v) is 3.17. The summed E-state index contributed by atoms with van der Waals surface area (Å²) in [5.74, 6) is 2.96. The van der Waals surface area contributed by atoms with E-state index < -0.39 is 0 Å². The Kier molecular flexibility index (Phi) is 6.00. The van der Waals surface area contributed by atoms with Gasteiger partial charge >= 0.3 is 0 Å². The standard InChI is InChI=1S/C21H27N3O2/c1-15(26-19-9-6-8-18(12-19)25-3)13-23-21(22-2)24-14-17-11-16-7-4-5-10-20(16)17/h4-10,12,15,17H,11,13-14H2,1-3H3,(H2,22,23,24). The highest BCUT2D eigenvalue weighted by Crippen LogP contribution is 2.33. The first-order chi connectivity index (χ1) is 12.7. The van der Waals surface area contributed by atoms with Crippen molar-refractivity contribution in [2.45, 2.75) is 25.4 Å². The second-order valence-electron chi connectivity index (χ2n) is 6.54. The van der Waals surface area contributed by atoms with E-state index in [2.05, 4.69) is 39.9 Å². The lowest BCUT2D eigenvalue weighted by molar-refractivity contribution is 0.223. The summed E-state index contributed by atoms with van der Waals surface area (Å²) in [6.07, 6.45) is 1.14. The molecule has 2 unspecified atom stereocenters. The van der Waals surface area contributed by atoms with E-state index in [1.54, 1.807) is 14.2 Å². The van der Waals surface area contributed by atoms with Crippen LogP contribution >= 0.6 is 0 Å². The molecule has 5 heteroatoms. The van der Waals surface area contributed by atoms with Gasteiger partial charge in [0.15, 0.2) is 5.96 Å². The summed E-state index contributed by atoms with van der Waals surface area (Å²) >= 11 is 0. The Hall–Kier alpha value is -2.69. The molecule has 0 aliphatic heterocycles. The molecule has 0 saturated carbocycles. The van der Waals surface area contributed by atoms with Crippen molar-refractivity contribution in [3.63, 3.8) is 0 Å². The zero-order valence-electron chi connectivity index (χ0n) is 15.7. The molecule has 2 aromatic carbocycles. The Morgan fingerprint density at radius 3 is 2.73 bits per heavy atom. The number of nitrogens with zero attached hydrogens (tertiary/aromatic N) is 1.